The van der Waals surface area contributed by atoms with Crippen LogP contribution in [0.15, 0.2) is 12.1 Å². The van der Waals surface area contributed by atoms with Crippen molar-refractivity contribution in [3.05, 3.63) is 27.1 Å². The maximum absolute atomic E-state index is 10.7. The van der Waals surface area contributed by atoms with E-state index in [-0.39, 0.29) is 11.5 Å². The minimum atomic E-state index is -1.07. The zero-order valence-corrected chi connectivity index (χ0v) is 7.86. The first-order valence-electron chi connectivity index (χ1n) is 3.73. The van der Waals surface area contributed by atoms with E-state index in [9.17, 15) is 14.9 Å². The highest BCUT2D eigenvalue weighted by Gasteiger charge is 2.22. The van der Waals surface area contributed by atoms with Crippen molar-refractivity contribution in [3.63, 3.8) is 0 Å². The Morgan fingerprint density at radius 3 is 2.71 bits per heavy atom. The third-order valence-corrected chi connectivity index (χ3v) is 2.82. The Morgan fingerprint density at radius 1 is 1.71 bits per heavy atom. The van der Waals surface area contributed by atoms with Crippen LogP contribution in [0.3, 0.4) is 0 Å². The fourth-order valence-corrected chi connectivity index (χ4v) is 1.89. The molecule has 1 unspecified atom stereocenters. The minimum Gasteiger partial charge on any atom is -0.481 e. The molecular weight excluding hydrogens is 208 g/mol. The fraction of sp³-hybridized carbons (Fsp3) is 0.286. The van der Waals surface area contributed by atoms with E-state index in [0.717, 1.165) is 11.3 Å². The first-order chi connectivity index (χ1) is 6.56. The van der Waals surface area contributed by atoms with E-state index >= 15 is 0 Å². The summed E-state index contributed by atoms with van der Waals surface area (Å²) in [7, 11) is 0. The number of carboxylic acids is 1. The van der Waals surface area contributed by atoms with Crippen molar-refractivity contribution >= 4 is 22.3 Å². The van der Waals surface area contributed by atoms with Crippen LogP contribution < -0.4 is 5.73 Å². The highest BCUT2D eigenvalue weighted by Crippen LogP contribution is 2.29. The van der Waals surface area contributed by atoms with Gasteiger partial charge >= 0.3 is 11.0 Å². The van der Waals surface area contributed by atoms with Gasteiger partial charge in [0.15, 0.2) is 0 Å². The van der Waals surface area contributed by atoms with Crippen LogP contribution in [0.2, 0.25) is 0 Å². The molecule has 0 fully saturated rings. The number of nitrogens with two attached hydrogens (primary N) is 1. The second kappa shape index (κ2) is 4.16. The molecule has 1 heterocycles. The molecule has 14 heavy (non-hydrogen) atoms. The van der Waals surface area contributed by atoms with Gasteiger partial charge in [0.25, 0.3) is 0 Å². The van der Waals surface area contributed by atoms with E-state index in [1.165, 1.54) is 12.1 Å². The van der Waals surface area contributed by atoms with Crippen LogP contribution in [0.5, 0.6) is 0 Å². The van der Waals surface area contributed by atoms with Gasteiger partial charge in [-0.1, -0.05) is 11.3 Å². The van der Waals surface area contributed by atoms with E-state index in [2.05, 4.69) is 0 Å². The van der Waals surface area contributed by atoms with E-state index in [1.807, 2.05) is 0 Å². The smallest absolute Gasteiger partial charge is 0.324 e. The Labute approximate surface area is 83.1 Å². The Bertz CT molecular complexity index is 362. The van der Waals surface area contributed by atoms with Crippen LogP contribution in [0.4, 0.5) is 5.00 Å². The van der Waals surface area contributed by atoms with Gasteiger partial charge in [-0.15, -0.1) is 0 Å². The second-order valence-corrected chi connectivity index (χ2v) is 3.65. The number of rotatable bonds is 4. The SMILES string of the molecule is NCC(C(=O)O)c1ccc([N+](=O)[O-])s1. The molecule has 0 aromatic carbocycles. The Balaban J connectivity index is 2.95. The zero-order valence-electron chi connectivity index (χ0n) is 7.04. The first kappa shape index (κ1) is 10.6. The third-order valence-electron chi connectivity index (χ3n) is 1.67. The van der Waals surface area contributed by atoms with Gasteiger partial charge in [-0.05, 0) is 6.07 Å². The van der Waals surface area contributed by atoms with Gasteiger partial charge in [0.2, 0.25) is 0 Å². The molecule has 1 atom stereocenters. The van der Waals surface area contributed by atoms with Gasteiger partial charge in [-0.2, -0.15) is 0 Å². The van der Waals surface area contributed by atoms with Crippen molar-refractivity contribution in [1.29, 1.82) is 0 Å². The van der Waals surface area contributed by atoms with E-state index in [4.69, 9.17) is 10.8 Å². The molecule has 0 saturated carbocycles. The second-order valence-electron chi connectivity index (χ2n) is 2.56. The van der Waals surface area contributed by atoms with Crippen molar-refractivity contribution in [2.75, 3.05) is 6.54 Å². The molecule has 0 radical (unpaired) electrons. The lowest BCUT2D eigenvalue weighted by molar-refractivity contribution is -0.380. The summed E-state index contributed by atoms with van der Waals surface area (Å²) in [6, 6.07) is 2.71. The molecule has 0 bridgehead atoms. The third kappa shape index (κ3) is 2.06. The number of nitrogens with zero attached hydrogens (tertiary/aromatic N) is 1. The van der Waals surface area contributed by atoms with E-state index in [0.29, 0.717) is 4.88 Å². The molecule has 0 amide bonds. The zero-order chi connectivity index (χ0) is 10.7. The van der Waals surface area contributed by atoms with Crippen molar-refractivity contribution in [2.45, 2.75) is 5.92 Å². The molecule has 0 spiro atoms. The lowest BCUT2D eigenvalue weighted by atomic mass is 10.1. The van der Waals surface area contributed by atoms with Gasteiger partial charge < -0.3 is 10.8 Å². The topological polar surface area (TPSA) is 106 Å². The monoisotopic (exact) mass is 216 g/mol. The molecule has 1 aromatic rings. The Kier molecular flexibility index (Phi) is 3.15. The van der Waals surface area contributed by atoms with Gasteiger partial charge in [0.05, 0.1) is 4.92 Å². The number of thiophene rings is 1. The predicted molar refractivity (Wildman–Crippen MR) is 50.4 cm³/mol. The molecule has 0 aliphatic heterocycles. The highest BCUT2D eigenvalue weighted by molar-refractivity contribution is 7.15. The van der Waals surface area contributed by atoms with Crippen LogP contribution in [0.1, 0.15) is 10.8 Å². The summed E-state index contributed by atoms with van der Waals surface area (Å²) in [5, 5.41) is 19.0. The molecule has 0 saturated heterocycles. The fourth-order valence-electron chi connectivity index (χ4n) is 0.966. The number of hydrogen-bond donors (Lipinski definition) is 2. The van der Waals surface area contributed by atoms with Gasteiger partial charge in [0.1, 0.15) is 5.92 Å². The van der Waals surface area contributed by atoms with Crippen molar-refractivity contribution in [3.8, 4) is 0 Å². The average molecular weight is 216 g/mol. The largest absolute Gasteiger partial charge is 0.481 e. The quantitative estimate of drug-likeness (QED) is 0.571. The summed E-state index contributed by atoms with van der Waals surface area (Å²) in [6.45, 7) is -0.0625. The van der Waals surface area contributed by atoms with Crippen LogP contribution in [0.25, 0.3) is 0 Å². The van der Waals surface area contributed by atoms with E-state index < -0.39 is 16.8 Å². The van der Waals surface area contributed by atoms with Crippen LogP contribution in [-0.4, -0.2) is 22.5 Å². The molecule has 1 aromatic heterocycles. The molecule has 7 heteroatoms. The summed E-state index contributed by atoms with van der Waals surface area (Å²) in [5.74, 6) is -1.92. The van der Waals surface area contributed by atoms with Crippen LogP contribution >= 0.6 is 11.3 Å². The lowest BCUT2D eigenvalue weighted by Gasteiger charge is -2.04. The molecule has 3 N–H and O–H groups in total. The molecule has 1 rings (SSSR count). The number of carboxylic acid groups (broad SMARTS) is 1. The normalized spacial score (nSPS) is 12.4. The molecule has 0 aliphatic rings. The van der Waals surface area contributed by atoms with E-state index in [1.54, 1.807) is 0 Å². The lowest BCUT2D eigenvalue weighted by Crippen LogP contribution is -2.19. The Morgan fingerprint density at radius 2 is 2.36 bits per heavy atom. The van der Waals surface area contributed by atoms with Crippen LogP contribution in [0, 0.1) is 10.1 Å². The first-order valence-corrected chi connectivity index (χ1v) is 4.55. The maximum Gasteiger partial charge on any atom is 0.324 e. The average Bonchev–Trinajstić information content (AvgIpc) is 2.53. The number of aliphatic carboxylic acids is 1. The minimum absolute atomic E-state index is 0.0625. The summed E-state index contributed by atoms with van der Waals surface area (Å²) in [5.41, 5.74) is 5.25. The standard InChI is InChI=1S/C7H8N2O4S/c8-3-4(7(10)11)5-1-2-6(14-5)9(12)13/h1-2,4H,3,8H2,(H,10,11). The Hall–Kier alpha value is -1.47. The summed E-state index contributed by atoms with van der Waals surface area (Å²) >= 11 is 0.842. The van der Waals surface area contributed by atoms with Crippen molar-refractivity contribution in [1.82, 2.24) is 0 Å². The predicted octanol–water partition coefficient (Wildman–Crippen LogP) is 0.783. The summed E-state index contributed by atoms with van der Waals surface area (Å²) < 4.78 is 0. The molecule has 0 aliphatic carbocycles. The van der Waals surface area contributed by atoms with Crippen LogP contribution in [-0.2, 0) is 4.79 Å². The summed E-state index contributed by atoms with van der Waals surface area (Å²) in [6.07, 6.45) is 0. The summed E-state index contributed by atoms with van der Waals surface area (Å²) in [4.78, 5) is 20.9. The van der Waals surface area contributed by atoms with Gasteiger partial charge in [-0.3, -0.25) is 14.9 Å². The molecular formula is C7H8N2O4S. The maximum atomic E-state index is 10.7. The van der Waals surface area contributed by atoms with Crippen molar-refractivity contribution < 1.29 is 14.8 Å². The van der Waals surface area contributed by atoms with Gasteiger partial charge in [-0.25, -0.2) is 0 Å². The number of nitro groups is 1. The molecule has 6 nitrogen and oxygen atoms in total. The number of carbonyl (C=O) groups is 1. The molecule has 76 valence electrons. The number of hydrogen-bond acceptors (Lipinski definition) is 5. The highest BCUT2D eigenvalue weighted by atomic mass is 32.1. The van der Waals surface area contributed by atoms with Gasteiger partial charge in [0, 0.05) is 17.5 Å². The van der Waals surface area contributed by atoms with Crippen molar-refractivity contribution in [2.24, 2.45) is 5.73 Å².